The van der Waals surface area contributed by atoms with E-state index in [-0.39, 0.29) is 10.8 Å². The molecular formula is C13H14FN3O2S. The van der Waals surface area contributed by atoms with Crippen molar-refractivity contribution in [2.75, 3.05) is 13.1 Å². The SMILES string of the molecule is O=S(=O)(c1ccccc1F)N1CC(Cn2ccnc2)C1. The molecule has 2 aromatic rings. The first-order valence-electron chi connectivity index (χ1n) is 6.28. The van der Waals surface area contributed by atoms with E-state index in [4.69, 9.17) is 0 Å². The standard InChI is InChI=1S/C13H14FN3O2S/c14-12-3-1-2-4-13(12)20(18,19)17-8-11(9-17)7-16-6-5-15-10-16/h1-6,10-11H,7-9H2. The van der Waals surface area contributed by atoms with Crippen molar-refractivity contribution in [2.24, 2.45) is 5.92 Å². The summed E-state index contributed by atoms with van der Waals surface area (Å²) in [6, 6.07) is 5.47. The third kappa shape index (κ3) is 2.34. The Balaban J connectivity index is 1.68. The van der Waals surface area contributed by atoms with Gasteiger partial charge in [-0.3, -0.25) is 0 Å². The third-order valence-corrected chi connectivity index (χ3v) is 5.27. The number of hydrogen-bond donors (Lipinski definition) is 0. The maximum Gasteiger partial charge on any atom is 0.246 e. The molecule has 0 radical (unpaired) electrons. The summed E-state index contributed by atoms with van der Waals surface area (Å²) in [5.74, 6) is -0.462. The molecule has 3 rings (SSSR count). The summed E-state index contributed by atoms with van der Waals surface area (Å²) in [6.07, 6.45) is 5.23. The number of benzene rings is 1. The third-order valence-electron chi connectivity index (χ3n) is 3.41. The van der Waals surface area contributed by atoms with Crippen LogP contribution in [-0.2, 0) is 16.6 Å². The Bertz CT molecular complexity index is 694. The van der Waals surface area contributed by atoms with E-state index >= 15 is 0 Å². The van der Waals surface area contributed by atoms with Crippen LogP contribution in [0.5, 0.6) is 0 Å². The Morgan fingerprint density at radius 1 is 1.30 bits per heavy atom. The number of rotatable bonds is 4. The largest absolute Gasteiger partial charge is 0.337 e. The van der Waals surface area contributed by atoms with Crippen molar-refractivity contribution in [3.05, 3.63) is 48.8 Å². The second kappa shape index (κ2) is 4.99. The fraction of sp³-hybridized carbons (Fsp3) is 0.308. The summed E-state index contributed by atoms with van der Waals surface area (Å²) in [7, 11) is -3.71. The number of halogens is 1. The molecule has 0 N–H and O–H groups in total. The van der Waals surface area contributed by atoms with Crippen molar-refractivity contribution in [3.63, 3.8) is 0 Å². The molecule has 106 valence electrons. The van der Waals surface area contributed by atoms with E-state index in [1.165, 1.54) is 22.5 Å². The lowest BCUT2D eigenvalue weighted by Crippen LogP contribution is -2.51. The van der Waals surface area contributed by atoms with Crippen LogP contribution in [0.3, 0.4) is 0 Å². The molecule has 2 heterocycles. The first-order valence-corrected chi connectivity index (χ1v) is 7.72. The molecule has 0 bridgehead atoms. The van der Waals surface area contributed by atoms with Gasteiger partial charge in [-0.05, 0) is 12.1 Å². The van der Waals surface area contributed by atoms with Gasteiger partial charge in [0.05, 0.1) is 6.33 Å². The average Bonchev–Trinajstić information content (AvgIpc) is 2.86. The minimum Gasteiger partial charge on any atom is -0.337 e. The summed E-state index contributed by atoms with van der Waals surface area (Å²) in [5, 5.41) is 0. The van der Waals surface area contributed by atoms with E-state index in [0.717, 1.165) is 12.6 Å². The zero-order valence-electron chi connectivity index (χ0n) is 10.7. The van der Waals surface area contributed by atoms with Crippen LogP contribution in [0.4, 0.5) is 4.39 Å². The summed E-state index contributed by atoms with van der Waals surface area (Å²) in [6.45, 7) is 1.55. The van der Waals surface area contributed by atoms with Crippen molar-refractivity contribution in [1.82, 2.24) is 13.9 Å². The second-order valence-electron chi connectivity index (χ2n) is 4.88. The minimum absolute atomic E-state index is 0.241. The molecule has 1 aromatic heterocycles. The van der Waals surface area contributed by atoms with Crippen LogP contribution < -0.4 is 0 Å². The maximum absolute atomic E-state index is 13.6. The molecule has 0 saturated carbocycles. The molecule has 1 saturated heterocycles. The first-order chi connectivity index (χ1) is 9.57. The number of sulfonamides is 1. The summed E-state index contributed by atoms with van der Waals surface area (Å²) in [4.78, 5) is 3.69. The van der Waals surface area contributed by atoms with Gasteiger partial charge in [-0.15, -0.1) is 0 Å². The molecule has 7 heteroatoms. The topological polar surface area (TPSA) is 55.2 Å². The molecule has 0 unspecified atom stereocenters. The van der Waals surface area contributed by atoms with Crippen LogP contribution in [0.15, 0.2) is 47.9 Å². The van der Waals surface area contributed by atoms with Gasteiger partial charge in [-0.1, -0.05) is 12.1 Å². The average molecular weight is 295 g/mol. The molecule has 0 spiro atoms. The number of nitrogens with zero attached hydrogens (tertiary/aromatic N) is 3. The first kappa shape index (κ1) is 13.3. The summed E-state index contributed by atoms with van der Waals surface area (Å²) in [5.41, 5.74) is 0. The van der Waals surface area contributed by atoms with Gasteiger partial charge in [0, 0.05) is 37.9 Å². The normalized spacial score (nSPS) is 17.1. The molecule has 0 amide bonds. The van der Waals surface area contributed by atoms with Gasteiger partial charge in [0.2, 0.25) is 10.0 Å². The number of imidazole rings is 1. The predicted molar refractivity (Wildman–Crippen MR) is 70.9 cm³/mol. The lowest BCUT2D eigenvalue weighted by molar-refractivity contribution is 0.179. The van der Waals surface area contributed by atoms with Crippen molar-refractivity contribution in [2.45, 2.75) is 11.4 Å². The van der Waals surface area contributed by atoms with Crippen LogP contribution in [-0.4, -0.2) is 35.4 Å². The Morgan fingerprint density at radius 2 is 2.05 bits per heavy atom. The van der Waals surface area contributed by atoms with E-state index in [1.54, 1.807) is 12.5 Å². The molecule has 20 heavy (non-hydrogen) atoms. The Kier molecular flexibility index (Phi) is 3.31. The van der Waals surface area contributed by atoms with E-state index in [2.05, 4.69) is 4.98 Å². The highest BCUT2D eigenvalue weighted by atomic mass is 32.2. The van der Waals surface area contributed by atoms with E-state index in [9.17, 15) is 12.8 Å². The van der Waals surface area contributed by atoms with Crippen molar-refractivity contribution in [1.29, 1.82) is 0 Å². The van der Waals surface area contributed by atoms with Crippen LogP contribution >= 0.6 is 0 Å². The molecule has 1 aliphatic rings. The molecule has 0 aliphatic carbocycles. The minimum atomic E-state index is -3.71. The van der Waals surface area contributed by atoms with Gasteiger partial charge in [-0.25, -0.2) is 17.8 Å². The lowest BCUT2D eigenvalue weighted by atomic mass is 10.0. The van der Waals surface area contributed by atoms with Crippen molar-refractivity contribution < 1.29 is 12.8 Å². The van der Waals surface area contributed by atoms with Crippen LogP contribution in [0.25, 0.3) is 0 Å². The molecular weight excluding hydrogens is 281 g/mol. The van der Waals surface area contributed by atoms with Crippen LogP contribution in [0.2, 0.25) is 0 Å². The predicted octanol–water partition coefficient (Wildman–Crippen LogP) is 1.34. The number of hydrogen-bond acceptors (Lipinski definition) is 3. The molecule has 1 aliphatic heterocycles. The quantitative estimate of drug-likeness (QED) is 0.855. The van der Waals surface area contributed by atoms with E-state index in [1.807, 2.05) is 10.8 Å². The van der Waals surface area contributed by atoms with Gasteiger partial charge in [-0.2, -0.15) is 4.31 Å². The monoisotopic (exact) mass is 295 g/mol. The van der Waals surface area contributed by atoms with Gasteiger partial charge in [0.25, 0.3) is 0 Å². The highest BCUT2D eigenvalue weighted by Gasteiger charge is 2.37. The van der Waals surface area contributed by atoms with E-state index < -0.39 is 15.8 Å². The van der Waals surface area contributed by atoms with Gasteiger partial charge in [0.1, 0.15) is 10.7 Å². The molecule has 1 fully saturated rings. The zero-order chi connectivity index (χ0) is 14.2. The summed E-state index contributed by atoms with van der Waals surface area (Å²) < 4.78 is 41.3. The molecule has 5 nitrogen and oxygen atoms in total. The Labute approximate surface area is 116 Å². The number of aromatic nitrogens is 2. The Hall–Kier alpha value is -1.73. The van der Waals surface area contributed by atoms with Crippen LogP contribution in [0, 0.1) is 11.7 Å². The fourth-order valence-corrected chi connectivity index (χ4v) is 3.98. The summed E-state index contributed by atoms with van der Waals surface area (Å²) >= 11 is 0. The van der Waals surface area contributed by atoms with Crippen molar-refractivity contribution in [3.8, 4) is 0 Å². The van der Waals surface area contributed by atoms with Gasteiger partial charge in [0.15, 0.2) is 0 Å². The van der Waals surface area contributed by atoms with Gasteiger partial charge < -0.3 is 4.57 Å². The van der Waals surface area contributed by atoms with Crippen LogP contribution in [0.1, 0.15) is 0 Å². The molecule has 1 aromatic carbocycles. The molecule has 0 atom stereocenters. The maximum atomic E-state index is 13.6. The fourth-order valence-electron chi connectivity index (χ4n) is 2.32. The van der Waals surface area contributed by atoms with Gasteiger partial charge >= 0.3 is 0 Å². The van der Waals surface area contributed by atoms with Crippen molar-refractivity contribution >= 4 is 10.0 Å². The van der Waals surface area contributed by atoms with E-state index in [0.29, 0.717) is 13.1 Å². The lowest BCUT2D eigenvalue weighted by Gasteiger charge is -2.38. The zero-order valence-corrected chi connectivity index (χ0v) is 11.5. The highest BCUT2D eigenvalue weighted by molar-refractivity contribution is 7.89. The second-order valence-corrected chi connectivity index (χ2v) is 6.78. The highest BCUT2D eigenvalue weighted by Crippen LogP contribution is 2.27. The Morgan fingerprint density at radius 3 is 2.70 bits per heavy atom. The smallest absolute Gasteiger partial charge is 0.246 e.